The Balaban J connectivity index is 1.36. The smallest absolute Gasteiger partial charge is 0.232 e. The number of anilines is 3. The molecule has 1 aromatic heterocycles. The van der Waals surface area contributed by atoms with Gasteiger partial charge in [-0.05, 0) is 43.5 Å². The molecule has 2 aliphatic heterocycles. The van der Waals surface area contributed by atoms with Crippen LogP contribution in [0.15, 0.2) is 36.4 Å². The van der Waals surface area contributed by atoms with E-state index in [1.54, 1.807) is 0 Å². The van der Waals surface area contributed by atoms with Crippen molar-refractivity contribution in [3.63, 3.8) is 0 Å². The Morgan fingerprint density at radius 2 is 1.63 bits per heavy atom. The Kier molecular flexibility index (Phi) is 7.31. The van der Waals surface area contributed by atoms with Crippen LogP contribution in [0, 0.1) is 0 Å². The van der Waals surface area contributed by atoms with Crippen LogP contribution >= 0.6 is 12.2 Å². The van der Waals surface area contributed by atoms with Crippen LogP contribution in [0.2, 0.25) is 0 Å². The summed E-state index contributed by atoms with van der Waals surface area (Å²) in [5.41, 5.74) is 1.34. The van der Waals surface area contributed by atoms with Crippen LogP contribution in [0.1, 0.15) is 24.8 Å². The number of morpholine rings is 1. The van der Waals surface area contributed by atoms with Gasteiger partial charge in [-0.25, -0.2) is 0 Å². The Hall–Kier alpha value is -2.45. The van der Waals surface area contributed by atoms with E-state index >= 15 is 0 Å². The summed E-state index contributed by atoms with van der Waals surface area (Å²) in [5, 5.41) is 7.04. The maximum Gasteiger partial charge on any atom is 0.232 e. The van der Waals surface area contributed by atoms with Crippen LogP contribution in [-0.4, -0.2) is 61.0 Å². The second-order valence-electron chi connectivity index (χ2n) is 7.67. The molecule has 0 radical (unpaired) electrons. The second-order valence-corrected chi connectivity index (χ2v) is 8.08. The number of ether oxygens (including phenoxy) is 1. The van der Waals surface area contributed by atoms with E-state index in [-0.39, 0.29) is 0 Å². The predicted molar refractivity (Wildman–Crippen MR) is 125 cm³/mol. The van der Waals surface area contributed by atoms with Gasteiger partial charge in [-0.1, -0.05) is 30.3 Å². The van der Waals surface area contributed by atoms with Crippen molar-refractivity contribution in [2.24, 2.45) is 0 Å². The van der Waals surface area contributed by atoms with Gasteiger partial charge in [0.05, 0.1) is 13.2 Å². The second kappa shape index (κ2) is 10.5. The number of hydrogen-bond acceptors (Lipinski definition) is 6. The first-order valence-corrected chi connectivity index (χ1v) is 11.2. The molecule has 2 aromatic rings. The molecule has 0 atom stereocenters. The van der Waals surface area contributed by atoms with E-state index in [4.69, 9.17) is 26.9 Å². The summed E-state index contributed by atoms with van der Waals surface area (Å²) in [4.78, 5) is 14.1. The standard InChI is InChI=1S/C22H30N6OS/c30-22(23-10-6-9-18-7-2-1-3-8-18)26-21-24-19(27-11-4-5-12-27)17-20(25-21)28-13-15-29-16-14-28/h1-3,7-8,17H,4-6,9-16H2,(H2,23,24,25,26,30). The zero-order valence-electron chi connectivity index (χ0n) is 17.3. The molecule has 0 saturated carbocycles. The molecule has 0 bridgehead atoms. The summed E-state index contributed by atoms with van der Waals surface area (Å²) < 4.78 is 5.49. The van der Waals surface area contributed by atoms with Gasteiger partial charge in [-0.2, -0.15) is 9.97 Å². The lowest BCUT2D eigenvalue weighted by atomic mass is 10.1. The van der Waals surface area contributed by atoms with E-state index in [0.717, 1.165) is 70.4 Å². The molecule has 3 heterocycles. The predicted octanol–water partition coefficient (Wildman–Crippen LogP) is 2.83. The number of thiocarbonyl (C=S) groups is 1. The van der Waals surface area contributed by atoms with Crippen LogP contribution in [0.4, 0.5) is 17.6 Å². The highest BCUT2D eigenvalue weighted by atomic mass is 32.1. The third-order valence-electron chi connectivity index (χ3n) is 5.46. The summed E-state index contributed by atoms with van der Waals surface area (Å²) in [6.45, 7) is 6.04. The molecular weight excluding hydrogens is 396 g/mol. The van der Waals surface area contributed by atoms with Gasteiger partial charge in [-0.3, -0.25) is 0 Å². The maximum atomic E-state index is 5.49. The van der Waals surface area contributed by atoms with Crippen LogP contribution in [0.25, 0.3) is 0 Å². The SMILES string of the molecule is S=C(NCCCc1ccccc1)Nc1nc(N2CCCC2)cc(N2CCOCC2)n1. The van der Waals surface area contributed by atoms with Gasteiger partial charge < -0.3 is 25.2 Å². The minimum absolute atomic E-state index is 0.557. The molecular formula is C22H30N6OS. The zero-order chi connectivity index (χ0) is 20.6. The van der Waals surface area contributed by atoms with E-state index < -0.39 is 0 Å². The molecule has 2 fully saturated rings. The number of nitrogens with one attached hydrogen (secondary N) is 2. The van der Waals surface area contributed by atoms with E-state index in [2.05, 4.69) is 50.8 Å². The first-order chi connectivity index (χ1) is 14.8. The highest BCUT2D eigenvalue weighted by Gasteiger charge is 2.19. The van der Waals surface area contributed by atoms with Gasteiger partial charge in [0.15, 0.2) is 5.11 Å². The van der Waals surface area contributed by atoms with Crippen molar-refractivity contribution >= 4 is 34.9 Å². The molecule has 160 valence electrons. The summed E-state index contributed by atoms with van der Waals surface area (Å²) in [5.74, 6) is 2.46. The monoisotopic (exact) mass is 426 g/mol. The molecule has 2 N–H and O–H groups in total. The molecule has 0 aliphatic carbocycles. The third-order valence-corrected chi connectivity index (χ3v) is 5.71. The number of aromatic nitrogens is 2. The molecule has 7 nitrogen and oxygen atoms in total. The van der Waals surface area contributed by atoms with Crippen LogP contribution in [-0.2, 0) is 11.2 Å². The number of aryl methyl sites for hydroxylation is 1. The van der Waals surface area contributed by atoms with E-state index in [9.17, 15) is 0 Å². The number of hydrogen-bond donors (Lipinski definition) is 2. The summed E-state index contributed by atoms with van der Waals surface area (Å²) in [6, 6.07) is 12.6. The van der Waals surface area contributed by atoms with Gasteiger partial charge in [0, 0.05) is 38.8 Å². The molecule has 0 unspecified atom stereocenters. The Bertz CT molecular complexity index is 822. The minimum Gasteiger partial charge on any atom is -0.378 e. The lowest BCUT2D eigenvalue weighted by molar-refractivity contribution is 0.122. The zero-order valence-corrected chi connectivity index (χ0v) is 18.2. The molecule has 8 heteroatoms. The van der Waals surface area contributed by atoms with Gasteiger partial charge in [0.1, 0.15) is 11.6 Å². The normalized spacial score (nSPS) is 16.5. The lowest BCUT2D eigenvalue weighted by Crippen LogP contribution is -2.37. The Labute approximate surface area is 183 Å². The van der Waals surface area contributed by atoms with Crippen LogP contribution in [0.5, 0.6) is 0 Å². The quantitative estimate of drug-likeness (QED) is 0.518. The van der Waals surface area contributed by atoms with E-state index in [1.165, 1.54) is 18.4 Å². The molecule has 2 aliphatic rings. The first-order valence-electron chi connectivity index (χ1n) is 10.8. The van der Waals surface area contributed by atoms with Crippen molar-refractivity contribution in [3.05, 3.63) is 42.0 Å². The summed E-state index contributed by atoms with van der Waals surface area (Å²) in [7, 11) is 0. The molecule has 0 amide bonds. The van der Waals surface area contributed by atoms with E-state index in [0.29, 0.717) is 11.1 Å². The number of rotatable bonds is 7. The van der Waals surface area contributed by atoms with Crippen molar-refractivity contribution in [2.45, 2.75) is 25.7 Å². The first kappa shape index (κ1) is 20.8. The number of benzene rings is 1. The summed E-state index contributed by atoms with van der Waals surface area (Å²) in [6.07, 6.45) is 4.46. The minimum atomic E-state index is 0.557. The van der Waals surface area contributed by atoms with E-state index in [1.807, 2.05) is 6.07 Å². The van der Waals surface area contributed by atoms with Crippen LogP contribution < -0.4 is 20.4 Å². The highest BCUT2D eigenvalue weighted by molar-refractivity contribution is 7.80. The fourth-order valence-corrected chi connectivity index (χ4v) is 4.02. The van der Waals surface area contributed by atoms with Gasteiger partial charge in [0.25, 0.3) is 0 Å². The topological polar surface area (TPSA) is 65.6 Å². The largest absolute Gasteiger partial charge is 0.378 e. The molecule has 1 aromatic carbocycles. The van der Waals surface area contributed by atoms with Crippen molar-refractivity contribution in [1.29, 1.82) is 0 Å². The lowest BCUT2D eigenvalue weighted by Gasteiger charge is -2.29. The maximum absolute atomic E-state index is 5.49. The average Bonchev–Trinajstić information content (AvgIpc) is 3.33. The van der Waals surface area contributed by atoms with Crippen LogP contribution in [0.3, 0.4) is 0 Å². The Morgan fingerprint density at radius 3 is 2.33 bits per heavy atom. The third kappa shape index (κ3) is 5.79. The Morgan fingerprint density at radius 1 is 0.967 bits per heavy atom. The molecule has 0 spiro atoms. The van der Waals surface area contributed by atoms with Crippen molar-refractivity contribution in [3.8, 4) is 0 Å². The van der Waals surface area contributed by atoms with Crippen molar-refractivity contribution < 1.29 is 4.74 Å². The summed E-state index contributed by atoms with van der Waals surface area (Å²) >= 11 is 5.49. The molecule has 2 saturated heterocycles. The van der Waals surface area contributed by atoms with Gasteiger partial charge >= 0.3 is 0 Å². The van der Waals surface area contributed by atoms with Gasteiger partial charge in [-0.15, -0.1) is 0 Å². The molecule has 30 heavy (non-hydrogen) atoms. The highest BCUT2D eigenvalue weighted by Crippen LogP contribution is 2.24. The fourth-order valence-electron chi connectivity index (χ4n) is 3.83. The fraction of sp³-hybridized carbons (Fsp3) is 0.500. The molecule has 4 rings (SSSR count). The van der Waals surface area contributed by atoms with Crippen molar-refractivity contribution in [2.75, 3.05) is 61.1 Å². The number of nitrogens with zero attached hydrogens (tertiary/aromatic N) is 4. The van der Waals surface area contributed by atoms with Crippen molar-refractivity contribution in [1.82, 2.24) is 15.3 Å². The van der Waals surface area contributed by atoms with Gasteiger partial charge in [0.2, 0.25) is 5.95 Å². The average molecular weight is 427 g/mol.